The molecule has 5 nitrogen and oxygen atoms in total. The molecule has 2 heterocycles. The molecule has 2 aromatic rings. The Balaban J connectivity index is 2.61. The van der Waals surface area contributed by atoms with E-state index in [4.69, 9.17) is 10.8 Å². The zero-order valence-corrected chi connectivity index (χ0v) is 9.51. The summed E-state index contributed by atoms with van der Waals surface area (Å²) in [6.07, 6.45) is 0. The van der Waals surface area contributed by atoms with Crippen LogP contribution in [0.3, 0.4) is 0 Å². The van der Waals surface area contributed by atoms with Gasteiger partial charge in [0, 0.05) is 5.69 Å². The molecule has 0 radical (unpaired) electrons. The number of pyridine rings is 2. The number of aryl methyl sites for hydroxylation is 1. The van der Waals surface area contributed by atoms with Gasteiger partial charge >= 0.3 is 5.97 Å². The fraction of sp³-hybridized carbons (Fsp3) is 0.0833. The van der Waals surface area contributed by atoms with Crippen LogP contribution in [0.1, 0.15) is 16.2 Å². The Bertz CT molecular complexity index is 629. The highest BCUT2D eigenvalue weighted by molar-refractivity contribution is 5.92. The van der Waals surface area contributed by atoms with Gasteiger partial charge < -0.3 is 10.8 Å². The largest absolute Gasteiger partial charge is 0.476 e. The number of aromatic nitrogens is 2. The molecule has 18 heavy (non-hydrogen) atoms. The van der Waals surface area contributed by atoms with E-state index in [9.17, 15) is 9.18 Å². The van der Waals surface area contributed by atoms with Crippen LogP contribution in [0.2, 0.25) is 0 Å². The molecule has 92 valence electrons. The fourth-order valence-corrected chi connectivity index (χ4v) is 1.49. The van der Waals surface area contributed by atoms with Crippen molar-refractivity contribution < 1.29 is 14.3 Å². The van der Waals surface area contributed by atoms with Gasteiger partial charge in [0.1, 0.15) is 5.69 Å². The highest BCUT2D eigenvalue weighted by Gasteiger charge is 2.14. The van der Waals surface area contributed by atoms with Crippen molar-refractivity contribution in [1.82, 2.24) is 9.97 Å². The summed E-state index contributed by atoms with van der Waals surface area (Å²) in [4.78, 5) is 18.7. The zero-order chi connectivity index (χ0) is 13.3. The number of carbonyl (C=O) groups is 1. The van der Waals surface area contributed by atoms with E-state index < -0.39 is 11.8 Å². The molecule has 0 aliphatic carbocycles. The molecule has 0 aliphatic heterocycles. The Morgan fingerprint density at radius 3 is 2.67 bits per heavy atom. The van der Waals surface area contributed by atoms with E-state index in [0.29, 0.717) is 5.69 Å². The van der Waals surface area contributed by atoms with Crippen molar-refractivity contribution >= 4 is 11.7 Å². The second-order valence-corrected chi connectivity index (χ2v) is 3.72. The molecule has 0 saturated heterocycles. The Labute approximate surface area is 102 Å². The normalized spacial score (nSPS) is 10.3. The molecule has 2 rings (SSSR count). The Hall–Kier alpha value is -2.50. The second-order valence-electron chi connectivity index (χ2n) is 3.72. The van der Waals surface area contributed by atoms with Gasteiger partial charge in [0.25, 0.3) is 0 Å². The Morgan fingerprint density at radius 2 is 2.00 bits per heavy atom. The third kappa shape index (κ3) is 2.13. The van der Waals surface area contributed by atoms with Gasteiger partial charge in [-0.1, -0.05) is 0 Å². The summed E-state index contributed by atoms with van der Waals surface area (Å²) in [5, 5.41) is 8.90. The summed E-state index contributed by atoms with van der Waals surface area (Å²) in [5.41, 5.74) is 5.96. The van der Waals surface area contributed by atoms with Crippen molar-refractivity contribution in [3.8, 4) is 11.4 Å². The van der Waals surface area contributed by atoms with Gasteiger partial charge in [0.05, 0.1) is 11.4 Å². The average Bonchev–Trinajstić information content (AvgIpc) is 2.33. The van der Waals surface area contributed by atoms with Crippen LogP contribution < -0.4 is 5.73 Å². The van der Waals surface area contributed by atoms with Crippen molar-refractivity contribution in [3.05, 3.63) is 41.5 Å². The average molecular weight is 247 g/mol. The summed E-state index contributed by atoms with van der Waals surface area (Å²) in [6, 6.07) is 5.59. The first-order valence-corrected chi connectivity index (χ1v) is 5.12. The monoisotopic (exact) mass is 247 g/mol. The van der Waals surface area contributed by atoms with E-state index in [-0.39, 0.29) is 22.8 Å². The SMILES string of the molecule is Cc1ccc(F)c(-c2ccc(N)c(C(=O)O)n2)n1. The number of nitrogens with two attached hydrogens (primary N) is 1. The van der Waals surface area contributed by atoms with E-state index in [1.165, 1.54) is 24.3 Å². The van der Waals surface area contributed by atoms with Crippen molar-refractivity contribution in [3.63, 3.8) is 0 Å². The van der Waals surface area contributed by atoms with Crippen molar-refractivity contribution in [1.29, 1.82) is 0 Å². The maximum absolute atomic E-state index is 13.6. The molecule has 0 fully saturated rings. The highest BCUT2D eigenvalue weighted by atomic mass is 19.1. The number of rotatable bonds is 2. The van der Waals surface area contributed by atoms with Crippen LogP contribution >= 0.6 is 0 Å². The molecule has 6 heteroatoms. The molecule has 0 bridgehead atoms. The Kier molecular flexibility index (Phi) is 2.93. The van der Waals surface area contributed by atoms with Gasteiger partial charge in [-0.15, -0.1) is 0 Å². The number of nitrogens with zero attached hydrogens (tertiary/aromatic N) is 2. The first kappa shape index (κ1) is 12.0. The molecule has 0 atom stereocenters. The Morgan fingerprint density at radius 1 is 1.28 bits per heavy atom. The number of carboxylic acids is 1. The molecule has 0 unspecified atom stereocenters. The van der Waals surface area contributed by atoms with Gasteiger partial charge in [-0.2, -0.15) is 0 Å². The van der Waals surface area contributed by atoms with E-state index in [2.05, 4.69) is 9.97 Å². The molecular weight excluding hydrogens is 237 g/mol. The number of hydrogen-bond donors (Lipinski definition) is 2. The molecule has 0 amide bonds. The summed E-state index contributed by atoms with van der Waals surface area (Å²) in [7, 11) is 0. The van der Waals surface area contributed by atoms with Crippen LogP contribution in [0.15, 0.2) is 24.3 Å². The summed E-state index contributed by atoms with van der Waals surface area (Å²) in [6.45, 7) is 1.71. The molecule has 2 aromatic heterocycles. The zero-order valence-electron chi connectivity index (χ0n) is 9.51. The van der Waals surface area contributed by atoms with Crippen LogP contribution in [-0.4, -0.2) is 21.0 Å². The van der Waals surface area contributed by atoms with Crippen LogP contribution in [0, 0.1) is 12.7 Å². The van der Waals surface area contributed by atoms with Gasteiger partial charge in [0.2, 0.25) is 0 Å². The predicted molar refractivity (Wildman–Crippen MR) is 63.5 cm³/mol. The number of carboxylic acid groups (broad SMARTS) is 1. The minimum Gasteiger partial charge on any atom is -0.476 e. The summed E-state index contributed by atoms with van der Waals surface area (Å²) >= 11 is 0. The summed E-state index contributed by atoms with van der Waals surface area (Å²) < 4.78 is 13.6. The number of halogens is 1. The lowest BCUT2D eigenvalue weighted by atomic mass is 10.2. The summed E-state index contributed by atoms with van der Waals surface area (Å²) in [5.74, 6) is -1.82. The molecule has 0 spiro atoms. The van der Waals surface area contributed by atoms with E-state index in [1.54, 1.807) is 6.92 Å². The molecule has 0 aromatic carbocycles. The minimum atomic E-state index is -1.26. The van der Waals surface area contributed by atoms with Gasteiger partial charge in [-0.25, -0.2) is 19.2 Å². The lowest BCUT2D eigenvalue weighted by molar-refractivity contribution is 0.0692. The molecule has 3 N–H and O–H groups in total. The van der Waals surface area contributed by atoms with Crippen molar-refractivity contribution in [2.45, 2.75) is 6.92 Å². The van der Waals surface area contributed by atoms with E-state index in [0.717, 1.165) is 0 Å². The maximum atomic E-state index is 13.6. The topological polar surface area (TPSA) is 89.1 Å². The van der Waals surface area contributed by atoms with Gasteiger partial charge in [0.15, 0.2) is 11.5 Å². The lowest BCUT2D eigenvalue weighted by Gasteiger charge is -2.05. The van der Waals surface area contributed by atoms with Gasteiger partial charge in [-0.05, 0) is 31.2 Å². The minimum absolute atomic E-state index is 0.0116. The first-order chi connectivity index (χ1) is 8.49. The first-order valence-electron chi connectivity index (χ1n) is 5.12. The standard InChI is InChI=1S/C12H10FN3O2/c1-6-2-3-7(13)10(15-6)9-5-4-8(14)11(16-9)12(17)18/h2-5H,14H2,1H3,(H,17,18). The fourth-order valence-electron chi connectivity index (χ4n) is 1.49. The number of aromatic carboxylic acids is 1. The van der Waals surface area contributed by atoms with Crippen LogP contribution in [-0.2, 0) is 0 Å². The van der Waals surface area contributed by atoms with Crippen LogP contribution in [0.25, 0.3) is 11.4 Å². The quantitative estimate of drug-likeness (QED) is 0.845. The third-order valence-corrected chi connectivity index (χ3v) is 2.36. The predicted octanol–water partition coefficient (Wildman–Crippen LogP) is 1.87. The lowest BCUT2D eigenvalue weighted by Crippen LogP contribution is -2.07. The van der Waals surface area contributed by atoms with Crippen LogP contribution in [0.5, 0.6) is 0 Å². The highest BCUT2D eigenvalue weighted by Crippen LogP contribution is 2.21. The number of hydrogen-bond acceptors (Lipinski definition) is 4. The van der Waals surface area contributed by atoms with Gasteiger partial charge in [-0.3, -0.25) is 0 Å². The van der Waals surface area contributed by atoms with Crippen molar-refractivity contribution in [2.75, 3.05) is 5.73 Å². The van der Waals surface area contributed by atoms with Crippen molar-refractivity contribution in [2.24, 2.45) is 0 Å². The number of anilines is 1. The molecule has 0 aliphatic rings. The molecular formula is C12H10FN3O2. The second kappa shape index (κ2) is 4.40. The maximum Gasteiger partial charge on any atom is 0.356 e. The number of nitrogen functional groups attached to an aromatic ring is 1. The van der Waals surface area contributed by atoms with E-state index >= 15 is 0 Å². The third-order valence-electron chi connectivity index (χ3n) is 2.36. The van der Waals surface area contributed by atoms with E-state index in [1.807, 2.05) is 0 Å². The smallest absolute Gasteiger partial charge is 0.356 e. The molecule has 0 saturated carbocycles. The van der Waals surface area contributed by atoms with Crippen LogP contribution in [0.4, 0.5) is 10.1 Å².